The second kappa shape index (κ2) is 3.74. The Morgan fingerprint density at radius 3 is 2.77 bits per heavy atom. The van der Waals surface area contributed by atoms with Gasteiger partial charge < -0.3 is 0 Å². The van der Waals surface area contributed by atoms with Gasteiger partial charge in [-0.1, -0.05) is 0 Å². The van der Waals surface area contributed by atoms with Crippen LogP contribution in [0, 0.1) is 6.92 Å². The van der Waals surface area contributed by atoms with Gasteiger partial charge in [-0.15, -0.1) is 0 Å². The molecule has 1 aromatic heterocycles. The Morgan fingerprint density at radius 1 is 1.54 bits per heavy atom. The zero-order chi connectivity index (χ0) is 9.90. The Labute approximate surface area is 78.1 Å². The molecule has 0 bridgehead atoms. The minimum atomic E-state index is -3.20. The normalized spacial score (nSPS) is 11.2. The maximum Gasteiger partial charge on any atom is 0.233 e. The number of hydrogen-bond donors (Lipinski definition) is 1. The van der Waals surface area contributed by atoms with Gasteiger partial charge in [0.15, 0.2) is 0 Å². The predicted molar refractivity (Wildman–Crippen MR) is 52.1 cm³/mol. The van der Waals surface area contributed by atoms with Crippen LogP contribution in [0.25, 0.3) is 0 Å². The van der Waals surface area contributed by atoms with Gasteiger partial charge in [-0.3, -0.25) is 4.72 Å². The monoisotopic (exact) mass is 200 g/mol. The number of nitrogens with zero attached hydrogens (tertiary/aromatic N) is 1. The summed E-state index contributed by atoms with van der Waals surface area (Å²) in [5.41, 5.74) is 0.976. The fraction of sp³-hybridized carbons (Fsp3) is 0.375. The van der Waals surface area contributed by atoms with Crippen molar-refractivity contribution in [1.82, 2.24) is 4.98 Å². The van der Waals surface area contributed by atoms with Crippen molar-refractivity contribution in [3.8, 4) is 0 Å². The first-order chi connectivity index (χ1) is 6.03. The van der Waals surface area contributed by atoms with Gasteiger partial charge in [0.05, 0.1) is 5.75 Å². The molecule has 0 aliphatic heterocycles. The molecule has 1 aromatic rings. The summed E-state index contributed by atoms with van der Waals surface area (Å²) < 4.78 is 24.6. The Morgan fingerprint density at radius 2 is 2.23 bits per heavy atom. The number of hydrogen-bond acceptors (Lipinski definition) is 3. The van der Waals surface area contributed by atoms with Crippen LogP contribution < -0.4 is 4.72 Å². The molecule has 0 aliphatic rings. The largest absolute Gasteiger partial charge is 0.267 e. The third-order valence-electron chi connectivity index (χ3n) is 1.56. The van der Waals surface area contributed by atoms with Crippen molar-refractivity contribution >= 4 is 15.8 Å². The summed E-state index contributed by atoms with van der Waals surface area (Å²) in [5.74, 6) is 0.435. The Bertz CT molecular complexity index is 387. The zero-order valence-electron chi connectivity index (χ0n) is 7.61. The van der Waals surface area contributed by atoms with Gasteiger partial charge in [0.1, 0.15) is 5.82 Å². The van der Waals surface area contributed by atoms with E-state index in [-0.39, 0.29) is 5.75 Å². The average molecular weight is 200 g/mol. The van der Waals surface area contributed by atoms with Crippen molar-refractivity contribution in [1.29, 1.82) is 0 Å². The highest BCUT2D eigenvalue weighted by Gasteiger charge is 2.06. The van der Waals surface area contributed by atoms with Crippen LogP contribution in [0.15, 0.2) is 18.3 Å². The summed E-state index contributed by atoms with van der Waals surface area (Å²) >= 11 is 0. The first-order valence-corrected chi connectivity index (χ1v) is 5.62. The van der Waals surface area contributed by atoms with E-state index in [1.54, 1.807) is 19.2 Å². The number of sulfonamides is 1. The van der Waals surface area contributed by atoms with Crippen molar-refractivity contribution in [3.05, 3.63) is 23.9 Å². The van der Waals surface area contributed by atoms with Crippen LogP contribution >= 0.6 is 0 Å². The van der Waals surface area contributed by atoms with Crippen LogP contribution in [0.5, 0.6) is 0 Å². The SMILES string of the molecule is CCS(=O)(=O)Nc1cc(C)ccn1. The molecule has 72 valence electrons. The fourth-order valence-corrected chi connectivity index (χ4v) is 1.40. The van der Waals surface area contributed by atoms with E-state index in [4.69, 9.17) is 0 Å². The number of anilines is 1. The first kappa shape index (κ1) is 9.98. The summed E-state index contributed by atoms with van der Waals surface area (Å²) in [5, 5.41) is 0. The van der Waals surface area contributed by atoms with E-state index in [1.807, 2.05) is 13.0 Å². The highest BCUT2D eigenvalue weighted by Crippen LogP contribution is 2.07. The summed E-state index contributed by atoms with van der Waals surface area (Å²) in [4.78, 5) is 3.88. The summed E-state index contributed by atoms with van der Waals surface area (Å²) in [7, 11) is -3.20. The minimum absolute atomic E-state index is 0.0582. The van der Waals surface area contributed by atoms with Crippen LogP contribution in [0.1, 0.15) is 12.5 Å². The van der Waals surface area contributed by atoms with Gasteiger partial charge in [0.2, 0.25) is 10.0 Å². The quantitative estimate of drug-likeness (QED) is 0.796. The van der Waals surface area contributed by atoms with E-state index in [1.165, 1.54) is 0 Å². The number of aryl methyl sites for hydroxylation is 1. The van der Waals surface area contributed by atoms with Crippen LogP contribution in [0.4, 0.5) is 5.82 Å². The molecule has 1 heterocycles. The standard InChI is InChI=1S/C8H12N2O2S/c1-3-13(11,12)10-8-6-7(2)4-5-9-8/h4-6H,3H2,1-2H3,(H,9,10). The van der Waals surface area contributed by atoms with Crippen LogP contribution in [0.2, 0.25) is 0 Å². The second-order valence-corrected chi connectivity index (χ2v) is 4.73. The van der Waals surface area contributed by atoms with Gasteiger partial charge in [-0.25, -0.2) is 13.4 Å². The molecular formula is C8H12N2O2S. The highest BCUT2D eigenvalue weighted by atomic mass is 32.2. The molecule has 0 aliphatic carbocycles. The van der Waals surface area contributed by atoms with Gasteiger partial charge in [0.25, 0.3) is 0 Å². The van der Waals surface area contributed by atoms with Crippen molar-refractivity contribution in [3.63, 3.8) is 0 Å². The van der Waals surface area contributed by atoms with Crippen LogP contribution in [-0.2, 0) is 10.0 Å². The Hall–Kier alpha value is -1.10. The minimum Gasteiger partial charge on any atom is -0.267 e. The molecule has 0 aromatic carbocycles. The maximum atomic E-state index is 11.1. The second-order valence-electron chi connectivity index (χ2n) is 2.72. The van der Waals surface area contributed by atoms with E-state index < -0.39 is 10.0 Å². The Kier molecular flexibility index (Phi) is 2.87. The van der Waals surface area contributed by atoms with Crippen molar-refractivity contribution in [2.24, 2.45) is 0 Å². The fourth-order valence-electron chi connectivity index (χ4n) is 0.823. The van der Waals surface area contributed by atoms with E-state index in [0.29, 0.717) is 5.82 Å². The predicted octanol–water partition coefficient (Wildman–Crippen LogP) is 1.15. The van der Waals surface area contributed by atoms with Crippen molar-refractivity contribution < 1.29 is 8.42 Å². The molecule has 0 radical (unpaired) electrons. The van der Waals surface area contributed by atoms with Crippen LogP contribution in [-0.4, -0.2) is 19.2 Å². The highest BCUT2D eigenvalue weighted by molar-refractivity contribution is 7.92. The van der Waals surface area contributed by atoms with E-state index in [9.17, 15) is 8.42 Å². The lowest BCUT2D eigenvalue weighted by atomic mass is 10.3. The molecule has 0 spiro atoms. The molecule has 5 heteroatoms. The molecule has 0 fully saturated rings. The van der Waals surface area contributed by atoms with Gasteiger partial charge in [-0.05, 0) is 31.5 Å². The molecule has 4 nitrogen and oxygen atoms in total. The molecule has 0 amide bonds. The van der Waals surface area contributed by atoms with Gasteiger partial charge in [0, 0.05) is 6.20 Å². The smallest absolute Gasteiger partial charge is 0.233 e. The lowest BCUT2D eigenvalue weighted by Crippen LogP contribution is -2.15. The molecule has 0 atom stereocenters. The molecule has 1 rings (SSSR count). The number of rotatable bonds is 3. The summed E-state index contributed by atoms with van der Waals surface area (Å²) in [6.07, 6.45) is 1.57. The topological polar surface area (TPSA) is 59.1 Å². The molecule has 0 saturated heterocycles. The summed E-state index contributed by atoms with van der Waals surface area (Å²) in [6, 6.07) is 3.50. The molecule has 1 N–H and O–H groups in total. The van der Waals surface area contributed by atoms with Gasteiger partial charge >= 0.3 is 0 Å². The third kappa shape index (κ3) is 3.02. The average Bonchev–Trinajstić information content (AvgIpc) is 2.03. The van der Waals surface area contributed by atoms with Crippen LogP contribution in [0.3, 0.4) is 0 Å². The van der Waals surface area contributed by atoms with E-state index in [0.717, 1.165) is 5.56 Å². The first-order valence-electron chi connectivity index (χ1n) is 3.96. The molecule has 13 heavy (non-hydrogen) atoms. The van der Waals surface area contributed by atoms with Crippen molar-refractivity contribution in [2.45, 2.75) is 13.8 Å². The molecular weight excluding hydrogens is 188 g/mol. The van der Waals surface area contributed by atoms with Crippen molar-refractivity contribution in [2.75, 3.05) is 10.5 Å². The number of aromatic nitrogens is 1. The molecule has 0 unspecified atom stereocenters. The van der Waals surface area contributed by atoms with E-state index in [2.05, 4.69) is 9.71 Å². The lowest BCUT2D eigenvalue weighted by Gasteiger charge is -2.04. The number of pyridine rings is 1. The Balaban J connectivity index is 2.87. The van der Waals surface area contributed by atoms with E-state index >= 15 is 0 Å². The lowest BCUT2D eigenvalue weighted by molar-refractivity contribution is 0.602. The maximum absolute atomic E-state index is 11.1. The van der Waals surface area contributed by atoms with Gasteiger partial charge in [-0.2, -0.15) is 0 Å². The third-order valence-corrected chi connectivity index (χ3v) is 2.84. The molecule has 0 saturated carbocycles. The zero-order valence-corrected chi connectivity index (χ0v) is 8.43. The summed E-state index contributed by atoms with van der Waals surface area (Å²) in [6.45, 7) is 3.46. The number of nitrogens with one attached hydrogen (secondary N) is 1.